The Morgan fingerprint density at radius 2 is 1.67 bits per heavy atom. The van der Waals surface area contributed by atoms with E-state index in [0.29, 0.717) is 5.56 Å². The number of nitrogens with two attached hydrogens (primary N) is 1. The highest BCUT2D eigenvalue weighted by Crippen LogP contribution is 2.22. The first-order valence-corrected chi connectivity index (χ1v) is 12.8. The highest BCUT2D eigenvalue weighted by Gasteiger charge is 2.25. The zero-order valence-corrected chi connectivity index (χ0v) is 21.2. The fraction of sp³-hybridized carbons (Fsp3) is 0.238. The second kappa shape index (κ2) is 13.1. The number of aliphatic carboxylic acids is 2. The molecule has 0 saturated carbocycles. The number of sulfonamides is 1. The summed E-state index contributed by atoms with van der Waals surface area (Å²) in [5.41, 5.74) is 5.86. The van der Waals surface area contributed by atoms with Crippen molar-refractivity contribution in [1.82, 2.24) is 24.3 Å². The van der Waals surface area contributed by atoms with Crippen LogP contribution in [0.2, 0.25) is 0 Å². The summed E-state index contributed by atoms with van der Waals surface area (Å²) in [6.07, 6.45) is 6.33. The Morgan fingerprint density at radius 1 is 1.03 bits per heavy atom. The molecule has 194 valence electrons. The Bertz CT molecular complexity index is 1360. The number of thiophene rings is 1. The number of fused-ring (bicyclic) bond motifs is 1. The van der Waals surface area contributed by atoms with E-state index in [-0.39, 0.29) is 31.2 Å². The van der Waals surface area contributed by atoms with Gasteiger partial charge in [-0.25, -0.2) is 8.42 Å². The number of halogens is 1. The van der Waals surface area contributed by atoms with Gasteiger partial charge in [-0.15, -0.1) is 23.7 Å². The number of carbonyl (C=O) groups is 2. The third-order valence-electron chi connectivity index (χ3n) is 4.68. The molecule has 1 aromatic carbocycles. The predicted molar refractivity (Wildman–Crippen MR) is 136 cm³/mol. The van der Waals surface area contributed by atoms with Gasteiger partial charge in [0.05, 0.1) is 18.8 Å². The largest absolute Gasteiger partial charge is 0.480 e. The highest BCUT2D eigenvalue weighted by molar-refractivity contribution is 7.88. The Balaban J connectivity index is 0.000000321. The molecule has 36 heavy (non-hydrogen) atoms. The molecular formula is C21H25ClN6O6S2. The van der Waals surface area contributed by atoms with Crippen molar-refractivity contribution in [2.45, 2.75) is 30.9 Å². The van der Waals surface area contributed by atoms with E-state index in [1.54, 1.807) is 54.2 Å². The van der Waals surface area contributed by atoms with E-state index in [9.17, 15) is 23.1 Å². The second-order valence-electron chi connectivity index (χ2n) is 7.46. The molecule has 0 aliphatic rings. The Labute approximate surface area is 216 Å². The SMILES string of the molecule is Cl.N[C@H](Cn1cccn1)C(=O)O.O=C(O)[C@@H](Cn1cccn1)NS(=O)(=O)Cc1ccc2sccc2c1. The van der Waals surface area contributed by atoms with E-state index >= 15 is 0 Å². The minimum Gasteiger partial charge on any atom is -0.480 e. The summed E-state index contributed by atoms with van der Waals surface area (Å²) in [7, 11) is -3.80. The number of benzene rings is 1. The van der Waals surface area contributed by atoms with Crippen molar-refractivity contribution in [3.63, 3.8) is 0 Å². The molecule has 0 unspecified atom stereocenters. The molecule has 12 nitrogen and oxygen atoms in total. The molecule has 0 spiro atoms. The summed E-state index contributed by atoms with van der Waals surface area (Å²) in [6, 6.07) is 8.52. The van der Waals surface area contributed by atoms with Crippen LogP contribution in [0.1, 0.15) is 5.56 Å². The van der Waals surface area contributed by atoms with Gasteiger partial charge in [-0.05, 0) is 46.7 Å². The molecule has 0 fully saturated rings. The van der Waals surface area contributed by atoms with Crippen molar-refractivity contribution in [2.24, 2.45) is 5.73 Å². The van der Waals surface area contributed by atoms with E-state index in [4.69, 9.17) is 10.8 Å². The molecule has 15 heteroatoms. The minimum atomic E-state index is -3.80. The van der Waals surface area contributed by atoms with Crippen LogP contribution in [0.3, 0.4) is 0 Å². The summed E-state index contributed by atoms with van der Waals surface area (Å²) in [5, 5.41) is 28.3. The first kappa shape index (κ1) is 28.9. The first-order valence-electron chi connectivity index (χ1n) is 10.2. The Hall–Kier alpha value is -3.30. The topological polar surface area (TPSA) is 182 Å². The Kier molecular flexibility index (Phi) is 10.6. The quantitative estimate of drug-likeness (QED) is 0.224. The number of hydrogen-bond acceptors (Lipinski definition) is 8. The average Bonchev–Trinajstić information content (AvgIpc) is 3.56. The first-order chi connectivity index (χ1) is 16.6. The molecule has 0 bridgehead atoms. The number of rotatable bonds is 10. The van der Waals surface area contributed by atoms with Gasteiger partial charge in [-0.2, -0.15) is 14.9 Å². The molecule has 0 saturated heterocycles. The van der Waals surface area contributed by atoms with Gasteiger partial charge in [-0.3, -0.25) is 19.0 Å². The minimum absolute atomic E-state index is 0. The maximum absolute atomic E-state index is 12.3. The Morgan fingerprint density at radius 3 is 2.22 bits per heavy atom. The molecule has 5 N–H and O–H groups in total. The van der Waals surface area contributed by atoms with Crippen LogP contribution in [0, 0.1) is 0 Å². The van der Waals surface area contributed by atoms with Crippen molar-refractivity contribution >= 4 is 55.8 Å². The molecule has 0 radical (unpaired) electrons. The molecule has 2 atom stereocenters. The lowest BCUT2D eigenvalue weighted by molar-refractivity contribution is -0.140. The predicted octanol–water partition coefficient (Wildman–Crippen LogP) is 1.39. The second-order valence-corrected chi connectivity index (χ2v) is 10.2. The zero-order chi connectivity index (χ0) is 25.4. The van der Waals surface area contributed by atoms with Crippen LogP contribution >= 0.6 is 23.7 Å². The molecule has 0 aliphatic heterocycles. The molecule has 0 amide bonds. The zero-order valence-electron chi connectivity index (χ0n) is 18.7. The number of carboxylic acid groups (broad SMARTS) is 2. The summed E-state index contributed by atoms with van der Waals surface area (Å²) in [6.45, 7) is 0.132. The summed E-state index contributed by atoms with van der Waals surface area (Å²) in [4.78, 5) is 21.6. The van der Waals surface area contributed by atoms with Crippen LogP contribution in [-0.2, 0) is 38.5 Å². The standard InChI is InChI=1S/C15H15N3O4S2.C6H9N3O2.ClH/c19-15(20)13(9-18-6-1-5-16-18)17-24(21,22)10-11-2-3-14-12(8-11)4-7-23-14;7-5(6(10)11)4-9-3-1-2-8-9;/h1-8,13,17H,9-10H2,(H,19,20);1-3,5H,4,7H2,(H,10,11);1H/t13-;5-;/m11./s1. The van der Waals surface area contributed by atoms with Crippen molar-refractivity contribution in [3.8, 4) is 0 Å². The van der Waals surface area contributed by atoms with Crippen molar-refractivity contribution in [3.05, 3.63) is 72.1 Å². The normalized spacial score (nSPS) is 12.7. The van der Waals surface area contributed by atoms with Crippen molar-refractivity contribution in [2.75, 3.05) is 0 Å². The van der Waals surface area contributed by atoms with E-state index in [1.165, 1.54) is 15.6 Å². The molecule has 4 aromatic rings. The van der Waals surface area contributed by atoms with Gasteiger partial charge in [-0.1, -0.05) is 6.07 Å². The van der Waals surface area contributed by atoms with Gasteiger partial charge in [0, 0.05) is 29.5 Å². The molecular weight excluding hydrogens is 532 g/mol. The third kappa shape index (κ3) is 8.73. The van der Waals surface area contributed by atoms with Crippen LogP contribution < -0.4 is 10.5 Å². The lowest BCUT2D eigenvalue weighted by atomic mass is 10.2. The van der Waals surface area contributed by atoms with Crippen LogP contribution in [0.25, 0.3) is 10.1 Å². The van der Waals surface area contributed by atoms with Crippen LogP contribution in [0.5, 0.6) is 0 Å². The lowest BCUT2D eigenvalue weighted by Gasteiger charge is -2.15. The number of nitrogens with one attached hydrogen (secondary N) is 1. The summed E-state index contributed by atoms with van der Waals surface area (Å²) >= 11 is 1.58. The maximum atomic E-state index is 12.3. The van der Waals surface area contributed by atoms with Crippen LogP contribution in [-0.4, -0.2) is 62.2 Å². The van der Waals surface area contributed by atoms with Gasteiger partial charge in [0.2, 0.25) is 10.0 Å². The van der Waals surface area contributed by atoms with E-state index in [2.05, 4.69) is 14.9 Å². The number of carboxylic acids is 2. The fourth-order valence-corrected chi connectivity index (χ4v) is 5.11. The van der Waals surface area contributed by atoms with Gasteiger partial charge >= 0.3 is 11.9 Å². The number of aromatic nitrogens is 4. The maximum Gasteiger partial charge on any atom is 0.323 e. The van der Waals surface area contributed by atoms with Gasteiger partial charge < -0.3 is 15.9 Å². The van der Waals surface area contributed by atoms with E-state index in [1.807, 2.05) is 17.5 Å². The highest BCUT2D eigenvalue weighted by atomic mass is 35.5. The van der Waals surface area contributed by atoms with Crippen LogP contribution in [0.15, 0.2) is 66.6 Å². The van der Waals surface area contributed by atoms with Gasteiger partial charge in [0.25, 0.3) is 0 Å². The number of hydrogen-bond donors (Lipinski definition) is 4. The van der Waals surface area contributed by atoms with E-state index < -0.39 is 34.0 Å². The molecule has 3 aromatic heterocycles. The molecule has 4 rings (SSSR count). The van der Waals surface area contributed by atoms with Crippen LogP contribution in [0.4, 0.5) is 0 Å². The van der Waals surface area contributed by atoms with Gasteiger partial charge in [0.15, 0.2) is 0 Å². The van der Waals surface area contributed by atoms with Crippen molar-refractivity contribution < 1.29 is 28.2 Å². The van der Waals surface area contributed by atoms with Crippen molar-refractivity contribution in [1.29, 1.82) is 0 Å². The summed E-state index contributed by atoms with van der Waals surface area (Å²) < 4.78 is 30.8. The monoisotopic (exact) mass is 556 g/mol. The smallest absolute Gasteiger partial charge is 0.323 e. The van der Waals surface area contributed by atoms with E-state index in [0.717, 1.165) is 10.1 Å². The third-order valence-corrected chi connectivity index (χ3v) is 6.94. The molecule has 0 aliphatic carbocycles. The average molecular weight is 557 g/mol. The number of nitrogens with zero attached hydrogens (tertiary/aromatic N) is 4. The summed E-state index contributed by atoms with van der Waals surface area (Å²) in [5.74, 6) is -2.54. The lowest BCUT2D eigenvalue weighted by Crippen LogP contribution is -2.44. The van der Waals surface area contributed by atoms with Gasteiger partial charge in [0.1, 0.15) is 12.1 Å². The fourth-order valence-electron chi connectivity index (χ4n) is 3.03. The molecule has 3 heterocycles.